The fraction of sp³-hybridized carbons (Fsp3) is 0.583. The molecule has 1 aromatic rings. The zero-order valence-electron chi connectivity index (χ0n) is 8.79. The maximum atomic E-state index is 11.5. The summed E-state index contributed by atoms with van der Waals surface area (Å²) in [5.41, 5.74) is 0.894. The van der Waals surface area contributed by atoms with E-state index in [1.54, 1.807) is 11.3 Å². The molecule has 1 nitrogen and oxygen atoms in total. The Morgan fingerprint density at radius 1 is 1.29 bits per heavy atom. The van der Waals surface area contributed by atoms with Crippen molar-refractivity contribution in [3.8, 4) is 0 Å². The normalized spacial score (nSPS) is 10.4. The van der Waals surface area contributed by atoms with E-state index in [2.05, 4.69) is 6.92 Å². The average molecular weight is 210 g/mol. The molecule has 1 aromatic heterocycles. The maximum Gasteiger partial charge on any atom is 0.163 e. The Morgan fingerprint density at radius 3 is 2.71 bits per heavy atom. The molecule has 0 aromatic carbocycles. The van der Waals surface area contributed by atoms with Crippen LogP contribution >= 0.6 is 11.3 Å². The lowest BCUT2D eigenvalue weighted by molar-refractivity contribution is 0.0979. The van der Waals surface area contributed by atoms with Gasteiger partial charge in [0, 0.05) is 17.4 Å². The van der Waals surface area contributed by atoms with Crippen LogP contribution in [-0.2, 0) is 0 Å². The Morgan fingerprint density at radius 2 is 2.07 bits per heavy atom. The number of hydrogen-bond acceptors (Lipinski definition) is 2. The number of thiophene rings is 1. The summed E-state index contributed by atoms with van der Waals surface area (Å²) in [4.78, 5) is 11.5. The topological polar surface area (TPSA) is 17.1 Å². The fourth-order valence-electron chi connectivity index (χ4n) is 1.46. The third kappa shape index (κ3) is 4.05. The Hall–Kier alpha value is -0.630. The molecule has 0 saturated heterocycles. The third-order valence-corrected chi connectivity index (χ3v) is 3.03. The van der Waals surface area contributed by atoms with Gasteiger partial charge in [-0.1, -0.05) is 32.6 Å². The molecule has 2 heteroatoms. The molecule has 0 bridgehead atoms. The first-order valence-electron chi connectivity index (χ1n) is 5.40. The van der Waals surface area contributed by atoms with E-state index in [-0.39, 0.29) is 0 Å². The number of ketones is 1. The van der Waals surface area contributed by atoms with E-state index in [4.69, 9.17) is 0 Å². The highest BCUT2D eigenvalue weighted by molar-refractivity contribution is 7.08. The fourth-order valence-corrected chi connectivity index (χ4v) is 2.12. The van der Waals surface area contributed by atoms with Gasteiger partial charge in [-0.15, -0.1) is 0 Å². The Kier molecular flexibility index (Phi) is 5.53. The van der Waals surface area contributed by atoms with Gasteiger partial charge in [0.15, 0.2) is 5.78 Å². The predicted octanol–water partition coefficient (Wildman–Crippen LogP) is 4.29. The van der Waals surface area contributed by atoms with Crippen LogP contribution < -0.4 is 0 Å². The minimum Gasteiger partial charge on any atom is -0.294 e. The van der Waals surface area contributed by atoms with Gasteiger partial charge < -0.3 is 0 Å². The van der Waals surface area contributed by atoms with Crippen molar-refractivity contribution in [2.24, 2.45) is 0 Å². The largest absolute Gasteiger partial charge is 0.294 e. The van der Waals surface area contributed by atoms with Crippen molar-refractivity contribution in [2.45, 2.75) is 45.4 Å². The molecule has 0 aliphatic carbocycles. The molecule has 0 amide bonds. The molecule has 0 fully saturated rings. The monoisotopic (exact) mass is 210 g/mol. The summed E-state index contributed by atoms with van der Waals surface area (Å²) in [7, 11) is 0. The number of Topliss-reactive ketones (excluding diaryl/α,β-unsaturated/α-hetero) is 1. The number of carbonyl (C=O) groups excluding carboxylic acids is 1. The third-order valence-electron chi connectivity index (χ3n) is 2.35. The number of rotatable bonds is 7. The summed E-state index contributed by atoms with van der Waals surface area (Å²) >= 11 is 1.59. The van der Waals surface area contributed by atoms with Gasteiger partial charge in [-0.2, -0.15) is 11.3 Å². The zero-order valence-corrected chi connectivity index (χ0v) is 9.61. The second kappa shape index (κ2) is 6.77. The molecule has 0 unspecified atom stereocenters. The molecule has 78 valence electrons. The molecule has 0 radical (unpaired) electrons. The van der Waals surface area contributed by atoms with Gasteiger partial charge in [0.1, 0.15) is 0 Å². The van der Waals surface area contributed by atoms with Crippen molar-refractivity contribution >= 4 is 17.1 Å². The van der Waals surface area contributed by atoms with E-state index in [9.17, 15) is 4.79 Å². The quantitative estimate of drug-likeness (QED) is 0.484. The molecule has 1 heterocycles. The molecule has 0 atom stereocenters. The van der Waals surface area contributed by atoms with Crippen LogP contribution in [0.25, 0.3) is 0 Å². The second-order valence-corrected chi connectivity index (χ2v) is 4.38. The minimum atomic E-state index is 0.308. The summed E-state index contributed by atoms with van der Waals surface area (Å²) < 4.78 is 0. The van der Waals surface area contributed by atoms with Crippen LogP contribution in [-0.4, -0.2) is 5.78 Å². The number of carbonyl (C=O) groups is 1. The Labute approximate surface area is 90.2 Å². The van der Waals surface area contributed by atoms with Crippen molar-refractivity contribution in [3.63, 3.8) is 0 Å². The zero-order chi connectivity index (χ0) is 10.2. The first-order chi connectivity index (χ1) is 6.84. The van der Waals surface area contributed by atoms with Crippen molar-refractivity contribution in [3.05, 3.63) is 22.4 Å². The maximum absolute atomic E-state index is 11.5. The van der Waals surface area contributed by atoms with Crippen LogP contribution in [0.2, 0.25) is 0 Å². The molecule has 0 N–H and O–H groups in total. The van der Waals surface area contributed by atoms with Crippen molar-refractivity contribution < 1.29 is 4.79 Å². The lowest BCUT2D eigenvalue weighted by atomic mass is 10.1. The van der Waals surface area contributed by atoms with E-state index < -0.39 is 0 Å². The van der Waals surface area contributed by atoms with E-state index in [1.807, 2.05) is 16.8 Å². The Bertz CT molecular complexity index is 251. The minimum absolute atomic E-state index is 0.308. The summed E-state index contributed by atoms with van der Waals surface area (Å²) in [5, 5.41) is 3.90. The van der Waals surface area contributed by atoms with Crippen LogP contribution in [0.4, 0.5) is 0 Å². The van der Waals surface area contributed by atoms with Crippen molar-refractivity contribution in [1.82, 2.24) is 0 Å². The molecule has 1 rings (SSSR count). The van der Waals surface area contributed by atoms with Gasteiger partial charge in [-0.25, -0.2) is 0 Å². The van der Waals surface area contributed by atoms with E-state index in [0.717, 1.165) is 18.4 Å². The predicted molar refractivity (Wildman–Crippen MR) is 62.0 cm³/mol. The highest BCUT2D eigenvalue weighted by atomic mass is 32.1. The van der Waals surface area contributed by atoms with E-state index >= 15 is 0 Å². The molecular weight excluding hydrogens is 192 g/mol. The SMILES string of the molecule is CCCCCCCC(=O)c1ccsc1. The molecule has 0 saturated carbocycles. The highest BCUT2D eigenvalue weighted by Crippen LogP contribution is 2.12. The molecular formula is C12H18OS. The van der Waals surface area contributed by atoms with Crippen LogP contribution in [0.5, 0.6) is 0 Å². The van der Waals surface area contributed by atoms with Gasteiger partial charge in [-0.3, -0.25) is 4.79 Å². The summed E-state index contributed by atoms with van der Waals surface area (Å²) in [6, 6.07) is 1.92. The molecule has 14 heavy (non-hydrogen) atoms. The first-order valence-corrected chi connectivity index (χ1v) is 6.34. The summed E-state index contributed by atoms with van der Waals surface area (Å²) in [6.07, 6.45) is 6.80. The summed E-state index contributed by atoms with van der Waals surface area (Å²) in [5.74, 6) is 0.308. The number of unbranched alkanes of at least 4 members (excludes halogenated alkanes) is 4. The van der Waals surface area contributed by atoms with E-state index in [1.165, 1.54) is 25.7 Å². The van der Waals surface area contributed by atoms with Gasteiger partial charge in [0.05, 0.1) is 0 Å². The standard InChI is InChI=1S/C12H18OS/c1-2-3-4-5-6-7-12(13)11-8-9-14-10-11/h8-10H,2-7H2,1H3. The van der Waals surface area contributed by atoms with Gasteiger partial charge >= 0.3 is 0 Å². The van der Waals surface area contributed by atoms with Crippen LogP contribution in [0, 0.1) is 0 Å². The average Bonchev–Trinajstić information content (AvgIpc) is 2.70. The van der Waals surface area contributed by atoms with Crippen molar-refractivity contribution in [2.75, 3.05) is 0 Å². The lowest BCUT2D eigenvalue weighted by Gasteiger charge is -1.98. The highest BCUT2D eigenvalue weighted by Gasteiger charge is 2.04. The molecule has 0 aliphatic heterocycles. The van der Waals surface area contributed by atoms with Gasteiger partial charge in [0.2, 0.25) is 0 Å². The molecule has 0 aliphatic rings. The van der Waals surface area contributed by atoms with Crippen LogP contribution in [0.1, 0.15) is 55.8 Å². The van der Waals surface area contributed by atoms with Crippen LogP contribution in [0.3, 0.4) is 0 Å². The van der Waals surface area contributed by atoms with E-state index in [0.29, 0.717) is 5.78 Å². The lowest BCUT2D eigenvalue weighted by Crippen LogP contribution is -1.96. The first kappa shape index (κ1) is 11.4. The summed E-state index contributed by atoms with van der Waals surface area (Å²) in [6.45, 7) is 2.20. The van der Waals surface area contributed by atoms with Gasteiger partial charge in [0.25, 0.3) is 0 Å². The smallest absolute Gasteiger partial charge is 0.163 e. The van der Waals surface area contributed by atoms with Crippen LogP contribution in [0.15, 0.2) is 16.8 Å². The second-order valence-electron chi connectivity index (χ2n) is 3.60. The van der Waals surface area contributed by atoms with Gasteiger partial charge in [-0.05, 0) is 17.9 Å². The Balaban J connectivity index is 2.10. The number of hydrogen-bond donors (Lipinski definition) is 0. The van der Waals surface area contributed by atoms with Crippen molar-refractivity contribution in [1.29, 1.82) is 0 Å². The molecule has 0 spiro atoms.